The van der Waals surface area contributed by atoms with Crippen molar-refractivity contribution in [3.05, 3.63) is 57.6 Å². The number of hydrogen-bond donors (Lipinski definition) is 1. The summed E-state index contributed by atoms with van der Waals surface area (Å²) in [5, 5.41) is 18.8. The van der Waals surface area contributed by atoms with Crippen LogP contribution in [0.5, 0.6) is 11.5 Å². The van der Waals surface area contributed by atoms with Crippen molar-refractivity contribution < 1.29 is 9.84 Å². The summed E-state index contributed by atoms with van der Waals surface area (Å²) in [5.74, 6) is 1.20. The van der Waals surface area contributed by atoms with Gasteiger partial charge >= 0.3 is 0 Å². The number of benzene rings is 2. The van der Waals surface area contributed by atoms with Crippen LogP contribution in [0.2, 0.25) is 0 Å². The van der Waals surface area contributed by atoms with Gasteiger partial charge in [-0.3, -0.25) is 0 Å². The fourth-order valence-electron chi connectivity index (χ4n) is 1.88. The molecule has 0 aliphatic rings. The highest BCUT2D eigenvalue weighted by molar-refractivity contribution is 9.10. The van der Waals surface area contributed by atoms with Gasteiger partial charge < -0.3 is 9.84 Å². The third-order valence-corrected chi connectivity index (χ3v) is 3.44. The Morgan fingerprint density at radius 1 is 1.20 bits per heavy atom. The van der Waals surface area contributed by atoms with Gasteiger partial charge in [0.25, 0.3) is 0 Å². The predicted octanol–water partition coefficient (Wildman–Crippen LogP) is 4.47. The third kappa shape index (κ3) is 3.19. The SMILES string of the molecule is Cc1cc(Br)ccc1Oc1cc(C#N)ccc1[C@H](C)O. The highest BCUT2D eigenvalue weighted by atomic mass is 79.9. The summed E-state index contributed by atoms with van der Waals surface area (Å²) in [4.78, 5) is 0. The lowest BCUT2D eigenvalue weighted by atomic mass is 10.1. The molecule has 0 unspecified atom stereocenters. The second-order valence-electron chi connectivity index (χ2n) is 4.55. The molecule has 1 N–H and O–H groups in total. The molecular weight excluding hydrogens is 318 g/mol. The second kappa shape index (κ2) is 6.08. The highest BCUT2D eigenvalue weighted by Gasteiger charge is 2.12. The molecule has 4 heteroatoms. The quantitative estimate of drug-likeness (QED) is 0.902. The summed E-state index contributed by atoms with van der Waals surface area (Å²) < 4.78 is 6.84. The maximum Gasteiger partial charge on any atom is 0.134 e. The van der Waals surface area contributed by atoms with Crippen molar-refractivity contribution in [2.45, 2.75) is 20.0 Å². The van der Waals surface area contributed by atoms with Gasteiger partial charge in [-0.15, -0.1) is 0 Å². The van der Waals surface area contributed by atoms with Crippen molar-refractivity contribution in [3.8, 4) is 17.6 Å². The van der Waals surface area contributed by atoms with E-state index in [1.54, 1.807) is 25.1 Å². The first kappa shape index (κ1) is 14.6. The Morgan fingerprint density at radius 2 is 1.95 bits per heavy atom. The van der Waals surface area contributed by atoms with Gasteiger partial charge in [-0.1, -0.05) is 22.0 Å². The number of aliphatic hydroxyl groups excluding tert-OH is 1. The summed E-state index contributed by atoms with van der Waals surface area (Å²) in [6.45, 7) is 3.61. The number of aliphatic hydroxyl groups is 1. The Hall–Kier alpha value is -1.83. The number of nitrogens with zero attached hydrogens (tertiary/aromatic N) is 1. The van der Waals surface area contributed by atoms with Crippen molar-refractivity contribution in [1.82, 2.24) is 0 Å². The van der Waals surface area contributed by atoms with E-state index in [0.29, 0.717) is 22.6 Å². The van der Waals surface area contributed by atoms with Gasteiger partial charge in [0.15, 0.2) is 0 Å². The molecule has 2 aromatic rings. The monoisotopic (exact) mass is 331 g/mol. The highest BCUT2D eigenvalue weighted by Crippen LogP contribution is 2.33. The first-order valence-corrected chi connectivity index (χ1v) is 6.96. The number of ether oxygens (including phenoxy) is 1. The number of rotatable bonds is 3. The van der Waals surface area contributed by atoms with Gasteiger partial charge in [0.2, 0.25) is 0 Å². The molecule has 1 atom stereocenters. The Bertz CT molecular complexity index is 675. The first-order chi connectivity index (χ1) is 9.51. The maximum atomic E-state index is 9.79. The van der Waals surface area contributed by atoms with E-state index in [1.807, 2.05) is 25.1 Å². The summed E-state index contributed by atoms with van der Waals surface area (Å²) >= 11 is 3.40. The zero-order chi connectivity index (χ0) is 14.7. The Kier molecular flexibility index (Phi) is 4.43. The molecular formula is C16H14BrNO2. The fourth-order valence-corrected chi connectivity index (χ4v) is 2.36. The van der Waals surface area contributed by atoms with Crippen LogP contribution in [0.15, 0.2) is 40.9 Å². The van der Waals surface area contributed by atoms with Gasteiger partial charge in [0.05, 0.1) is 17.7 Å². The van der Waals surface area contributed by atoms with E-state index in [1.165, 1.54) is 0 Å². The largest absolute Gasteiger partial charge is 0.457 e. The Balaban J connectivity index is 2.43. The lowest BCUT2D eigenvalue weighted by molar-refractivity contribution is 0.195. The normalized spacial score (nSPS) is 11.8. The van der Waals surface area contributed by atoms with Crippen LogP contribution >= 0.6 is 15.9 Å². The van der Waals surface area contributed by atoms with Crippen molar-refractivity contribution in [1.29, 1.82) is 5.26 Å². The Morgan fingerprint density at radius 3 is 2.55 bits per heavy atom. The van der Waals surface area contributed by atoms with Crippen LogP contribution in [0.1, 0.15) is 29.7 Å². The Labute approximate surface area is 126 Å². The zero-order valence-electron chi connectivity index (χ0n) is 11.2. The lowest BCUT2D eigenvalue weighted by Crippen LogP contribution is -1.97. The van der Waals surface area contributed by atoms with Crippen LogP contribution in [0.3, 0.4) is 0 Å². The van der Waals surface area contributed by atoms with Gasteiger partial charge in [0.1, 0.15) is 11.5 Å². The van der Waals surface area contributed by atoms with Crippen LogP contribution < -0.4 is 4.74 Å². The van der Waals surface area contributed by atoms with Gasteiger partial charge in [-0.05, 0) is 49.7 Å². The molecule has 0 amide bonds. The molecule has 0 radical (unpaired) electrons. The van der Waals surface area contributed by atoms with Crippen molar-refractivity contribution in [3.63, 3.8) is 0 Å². The number of aryl methyl sites for hydroxylation is 1. The average Bonchev–Trinajstić information content (AvgIpc) is 2.41. The zero-order valence-corrected chi connectivity index (χ0v) is 12.8. The third-order valence-electron chi connectivity index (χ3n) is 2.95. The topological polar surface area (TPSA) is 53.2 Å². The van der Waals surface area contributed by atoms with Gasteiger partial charge in [0, 0.05) is 10.0 Å². The summed E-state index contributed by atoms with van der Waals surface area (Å²) in [6.07, 6.45) is -0.659. The van der Waals surface area contributed by atoms with Crippen LogP contribution in [0, 0.1) is 18.3 Å². The smallest absolute Gasteiger partial charge is 0.134 e. The van der Waals surface area contributed by atoms with Crippen molar-refractivity contribution in [2.75, 3.05) is 0 Å². The average molecular weight is 332 g/mol. The molecule has 102 valence electrons. The van der Waals surface area contributed by atoms with E-state index in [2.05, 4.69) is 22.0 Å². The molecule has 20 heavy (non-hydrogen) atoms. The second-order valence-corrected chi connectivity index (χ2v) is 5.47. The van der Waals surface area contributed by atoms with Crippen LogP contribution in [-0.4, -0.2) is 5.11 Å². The molecule has 0 bridgehead atoms. The molecule has 0 saturated carbocycles. The minimum Gasteiger partial charge on any atom is -0.457 e. The first-order valence-electron chi connectivity index (χ1n) is 6.17. The van der Waals surface area contributed by atoms with Crippen LogP contribution in [0.25, 0.3) is 0 Å². The standard InChI is InChI=1S/C16H14BrNO2/c1-10-7-13(17)4-6-15(10)20-16-8-12(9-18)3-5-14(16)11(2)19/h3-8,11,19H,1-2H3/t11-/m0/s1. The summed E-state index contributed by atoms with van der Waals surface area (Å²) in [5.41, 5.74) is 2.13. The van der Waals surface area contributed by atoms with Crippen LogP contribution in [0.4, 0.5) is 0 Å². The molecule has 0 heterocycles. The lowest BCUT2D eigenvalue weighted by Gasteiger charge is -2.15. The van der Waals surface area contributed by atoms with Gasteiger partial charge in [-0.25, -0.2) is 0 Å². The van der Waals surface area contributed by atoms with Gasteiger partial charge in [-0.2, -0.15) is 5.26 Å². The van der Waals surface area contributed by atoms with Crippen molar-refractivity contribution in [2.24, 2.45) is 0 Å². The van der Waals surface area contributed by atoms with E-state index in [0.717, 1.165) is 10.0 Å². The van der Waals surface area contributed by atoms with E-state index in [-0.39, 0.29) is 0 Å². The molecule has 0 saturated heterocycles. The molecule has 0 aliphatic carbocycles. The molecule has 0 spiro atoms. The molecule has 0 fully saturated rings. The van der Waals surface area contributed by atoms with Crippen LogP contribution in [-0.2, 0) is 0 Å². The summed E-state index contributed by atoms with van der Waals surface area (Å²) in [6, 6.07) is 12.8. The van der Waals surface area contributed by atoms with E-state index < -0.39 is 6.10 Å². The molecule has 3 nitrogen and oxygen atoms in total. The molecule has 2 rings (SSSR count). The molecule has 0 aliphatic heterocycles. The number of nitriles is 1. The van der Waals surface area contributed by atoms with E-state index in [9.17, 15) is 5.11 Å². The summed E-state index contributed by atoms with van der Waals surface area (Å²) in [7, 11) is 0. The fraction of sp³-hybridized carbons (Fsp3) is 0.188. The minimum absolute atomic E-state index is 0.499. The predicted molar refractivity (Wildman–Crippen MR) is 80.7 cm³/mol. The number of hydrogen-bond acceptors (Lipinski definition) is 3. The van der Waals surface area contributed by atoms with E-state index in [4.69, 9.17) is 10.00 Å². The maximum absolute atomic E-state index is 9.79. The molecule has 2 aromatic carbocycles. The molecule has 0 aromatic heterocycles. The minimum atomic E-state index is -0.659. The van der Waals surface area contributed by atoms with E-state index >= 15 is 0 Å². The van der Waals surface area contributed by atoms with Crippen molar-refractivity contribution >= 4 is 15.9 Å². The number of halogens is 1.